The highest BCUT2D eigenvalue weighted by Crippen LogP contribution is 2.29. The van der Waals surface area contributed by atoms with Gasteiger partial charge in [-0.2, -0.15) is 0 Å². The summed E-state index contributed by atoms with van der Waals surface area (Å²) < 4.78 is 37.8. The van der Waals surface area contributed by atoms with Crippen LogP contribution in [0.1, 0.15) is 65.4 Å². The number of hydrogen-bond acceptors (Lipinski definition) is 0. The maximum atomic E-state index is 12.7. The topological polar surface area (TPSA) is 0 Å². The molecule has 0 amide bonds. The molecule has 22 heavy (non-hydrogen) atoms. The molecule has 1 fully saturated rings. The number of hydrogen-bond donors (Lipinski definition) is 0. The quantitative estimate of drug-likeness (QED) is 0.555. The molecule has 0 bridgehead atoms. The molecule has 126 valence electrons. The van der Waals surface area contributed by atoms with E-state index in [0.717, 1.165) is 24.0 Å². The van der Waals surface area contributed by atoms with Crippen LogP contribution in [0.5, 0.6) is 0 Å². The molecule has 0 spiro atoms. The van der Waals surface area contributed by atoms with Gasteiger partial charge in [-0.15, -0.1) is 0 Å². The molecule has 0 nitrogen and oxygen atoms in total. The first-order valence-corrected chi connectivity index (χ1v) is 8.43. The van der Waals surface area contributed by atoms with Gasteiger partial charge in [-0.25, -0.2) is 13.2 Å². The molecule has 0 saturated heterocycles. The van der Waals surface area contributed by atoms with Gasteiger partial charge in [0, 0.05) is 0 Å². The van der Waals surface area contributed by atoms with E-state index in [2.05, 4.69) is 13.8 Å². The minimum atomic E-state index is -1.40. The first kappa shape index (κ1) is 19.1. The molecule has 1 aliphatic carbocycles. The highest BCUT2D eigenvalue weighted by atomic mass is 19.2. The Kier molecular flexibility index (Phi) is 7.98. The van der Waals surface area contributed by atoms with Crippen molar-refractivity contribution in [1.82, 2.24) is 0 Å². The van der Waals surface area contributed by atoms with E-state index in [1.54, 1.807) is 0 Å². The van der Waals surface area contributed by atoms with Crippen molar-refractivity contribution in [2.24, 2.45) is 17.8 Å². The molecule has 0 N–H and O–H groups in total. The SMILES string of the molecule is CC(C)CC1CCCC1.CC(C)Cc1cc(F)c(F)c(F)c1. The lowest BCUT2D eigenvalue weighted by atomic mass is 9.96. The average Bonchev–Trinajstić information content (AvgIpc) is 2.88. The van der Waals surface area contributed by atoms with Gasteiger partial charge in [0.25, 0.3) is 0 Å². The summed E-state index contributed by atoms with van der Waals surface area (Å²) in [5.41, 5.74) is 0.492. The summed E-state index contributed by atoms with van der Waals surface area (Å²) >= 11 is 0. The van der Waals surface area contributed by atoms with Crippen molar-refractivity contribution in [2.75, 3.05) is 0 Å². The lowest BCUT2D eigenvalue weighted by Gasteiger charge is -2.10. The molecule has 0 aliphatic heterocycles. The highest BCUT2D eigenvalue weighted by Gasteiger charge is 2.15. The fourth-order valence-electron chi connectivity index (χ4n) is 3.11. The van der Waals surface area contributed by atoms with E-state index in [9.17, 15) is 13.2 Å². The molecular weight excluding hydrogens is 285 g/mol. The van der Waals surface area contributed by atoms with Crippen molar-refractivity contribution in [2.45, 2.75) is 66.2 Å². The number of rotatable bonds is 4. The van der Waals surface area contributed by atoms with Crippen LogP contribution in [0, 0.1) is 35.2 Å². The first-order valence-electron chi connectivity index (χ1n) is 8.43. The van der Waals surface area contributed by atoms with Crippen molar-refractivity contribution in [1.29, 1.82) is 0 Å². The van der Waals surface area contributed by atoms with Crippen molar-refractivity contribution in [3.05, 3.63) is 35.1 Å². The van der Waals surface area contributed by atoms with Gasteiger partial charge in [0.1, 0.15) is 0 Å². The van der Waals surface area contributed by atoms with Crippen LogP contribution in [0.3, 0.4) is 0 Å². The second-order valence-corrected chi connectivity index (χ2v) is 7.25. The van der Waals surface area contributed by atoms with Crippen molar-refractivity contribution in [3.63, 3.8) is 0 Å². The Hall–Kier alpha value is -0.990. The van der Waals surface area contributed by atoms with Gasteiger partial charge in [-0.05, 0) is 48.3 Å². The normalized spacial score (nSPS) is 15.3. The van der Waals surface area contributed by atoms with Crippen LogP contribution in [-0.4, -0.2) is 0 Å². The summed E-state index contributed by atoms with van der Waals surface area (Å²) in [7, 11) is 0. The molecule has 0 atom stereocenters. The fraction of sp³-hybridized carbons (Fsp3) is 0.684. The summed E-state index contributed by atoms with van der Waals surface area (Å²) in [6.45, 7) is 8.52. The van der Waals surface area contributed by atoms with E-state index < -0.39 is 17.5 Å². The first-order chi connectivity index (χ1) is 10.3. The molecule has 1 aromatic carbocycles. The molecule has 1 aromatic rings. The smallest absolute Gasteiger partial charge is 0.194 e. The lowest BCUT2D eigenvalue weighted by Crippen LogP contribution is -1.98. The summed E-state index contributed by atoms with van der Waals surface area (Å²) in [6, 6.07) is 2.08. The van der Waals surface area contributed by atoms with Crippen molar-refractivity contribution >= 4 is 0 Å². The third-order valence-electron chi connectivity index (χ3n) is 3.97. The largest absolute Gasteiger partial charge is 0.204 e. The van der Waals surface area contributed by atoms with E-state index in [1.807, 2.05) is 13.8 Å². The lowest BCUT2D eigenvalue weighted by molar-refractivity contribution is 0.419. The maximum absolute atomic E-state index is 12.7. The van der Waals surface area contributed by atoms with E-state index >= 15 is 0 Å². The third-order valence-corrected chi connectivity index (χ3v) is 3.97. The summed E-state index contributed by atoms with van der Waals surface area (Å²) in [5.74, 6) is -1.32. The van der Waals surface area contributed by atoms with Gasteiger partial charge in [-0.3, -0.25) is 0 Å². The summed E-state index contributed by atoms with van der Waals surface area (Å²) in [5, 5.41) is 0. The fourth-order valence-corrected chi connectivity index (χ4v) is 3.11. The van der Waals surface area contributed by atoms with Crippen LogP contribution in [0.25, 0.3) is 0 Å². The van der Waals surface area contributed by atoms with Crippen molar-refractivity contribution < 1.29 is 13.2 Å². The minimum Gasteiger partial charge on any atom is -0.204 e. The Labute approximate surface area is 133 Å². The Morgan fingerprint density at radius 2 is 1.41 bits per heavy atom. The van der Waals surface area contributed by atoms with Crippen molar-refractivity contribution in [3.8, 4) is 0 Å². The summed E-state index contributed by atoms with van der Waals surface area (Å²) in [4.78, 5) is 0. The zero-order valence-electron chi connectivity index (χ0n) is 14.3. The molecule has 1 aliphatic rings. The van der Waals surface area contributed by atoms with E-state index in [0.29, 0.717) is 17.9 Å². The van der Waals surface area contributed by atoms with Crippen LogP contribution < -0.4 is 0 Å². The molecule has 3 heteroatoms. The minimum absolute atomic E-state index is 0.296. The third kappa shape index (κ3) is 6.85. The zero-order valence-corrected chi connectivity index (χ0v) is 14.3. The molecule has 0 aromatic heterocycles. The van der Waals surface area contributed by atoms with Gasteiger partial charge in [0.05, 0.1) is 0 Å². The predicted octanol–water partition coefficient (Wildman–Crippen LogP) is 6.53. The van der Waals surface area contributed by atoms with Gasteiger partial charge in [0.2, 0.25) is 0 Å². The monoisotopic (exact) mass is 314 g/mol. The molecule has 0 unspecified atom stereocenters. The molecule has 2 rings (SSSR count). The summed E-state index contributed by atoms with van der Waals surface area (Å²) in [6.07, 6.45) is 8.04. The van der Waals surface area contributed by atoms with E-state index in [4.69, 9.17) is 0 Å². The number of halogens is 3. The molecule has 0 radical (unpaired) electrons. The molecule has 1 saturated carbocycles. The Morgan fingerprint density at radius 1 is 0.909 bits per heavy atom. The highest BCUT2D eigenvalue weighted by molar-refractivity contribution is 5.19. The van der Waals surface area contributed by atoms with Crippen LogP contribution >= 0.6 is 0 Å². The van der Waals surface area contributed by atoms with E-state index in [-0.39, 0.29) is 0 Å². The standard InChI is InChI=1S/C10H11F3.C9H18/c1-6(2)3-7-4-8(11)10(13)9(12)5-7;1-8(2)7-9-5-3-4-6-9/h4-6H,3H2,1-2H3;8-9H,3-7H2,1-2H3. The number of benzene rings is 1. The Bertz CT molecular complexity index is 423. The van der Waals surface area contributed by atoms with Crippen LogP contribution in [-0.2, 0) is 6.42 Å². The van der Waals surface area contributed by atoms with E-state index in [1.165, 1.54) is 32.1 Å². The van der Waals surface area contributed by atoms with Gasteiger partial charge >= 0.3 is 0 Å². The van der Waals surface area contributed by atoms with Crippen LogP contribution in [0.15, 0.2) is 12.1 Å². The van der Waals surface area contributed by atoms with Crippen LogP contribution in [0.2, 0.25) is 0 Å². The molecular formula is C19H29F3. The predicted molar refractivity (Wildman–Crippen MR) is 86.3 cm³/mol. The van der Waals surface area contributed by atoms with Crippen LogP contribution in [0.4, 0.5) is 13.2 Å². The van der Waals surface area contributed by atoms with Gasteiger partial charge < -0.3 is 0 Å². The Morgan fingerprint density at radius 3 is 1.82 bits per heavy atom. The Balaban J connectivity index is 0.000000235. The average molecular weight is 314 g/mol. The second kappa shape index (κ2) is 9.22. The van der Waals surface area contributed by atoms with Gasteiger partial charge in [0.15, 0.2) is 17.5 Å². The molecule has 0 heterocycles. The second-order valence-electron chi connectivity index (χ2n) is 7.25. The maximum Gasteiger partial charge on any atom is 0.194 e. The zero-order chi connectivity index (χ0) is 16.7. The van der Waals surface area contributed by atoms with Gasteiger partial charge in [-0.1, -0.05) is 53.4 Å².